The van der Waals surface area contributed by atoms with E-state index in [0.29, 0.717) is 5.69 Å². The van der Waals surface area contributed by atoms with Crippen molar-refractivity contribution < 1.29 is 14.5 Å². The Morgan fingerprint density at radius 1 is 1.42 bits per heavy atom. The maximum Gasteiger partial charge on any atom is 0.390 e. The zero-order valence-corrected chi connectivity index (χ0v) is 13.6. The highest BCUT2D eigenvalue weighted by Crippen LogP contribution is 2.13. The minimum Gasteiger partial charge on any atom is -0.358 e. The van der Waals surface area contributed by atoms with E-state index in [2.05, 4.69) is 21.0 Å². The van der Waals surface area contributed by atoms with E-state index in [1.807, 2.05) is 0 Å². The van der Waals surface area contributed by atoms with E-state index >= 15 is 0 Å². The fraction of sp³-hybridized carbons (Fsp3) is 0.333. The molecule has 24 heavy (non-hydrogen) atoms. The van der Waals surface area contributed by atoms with Crippen LogP contribution in [0.4, 0.5) is 5.82 Å². The van der Waals surface area contributed by atoms with Gasteiger partial charge in [-0.15, -0.1) is 0 Å². The molecule has 12 heteroatoms. The van der Waals surface area contributed by atoms with Crippen molar-refractivity contribution in [2.45, 2.75) is 19.9 Å². The topological polar surface area (TPSA) is 137 Å². The second-order valence-corrected chi connectivity index (χ2v) is 5.25. The summed E-state index contributed by atoms with van der Waals surface area (Å²) in [5.74, 6) is -1.38. The normalized spacial score (nSPS) is 10.5. The van der Waals surface area contributed by atoms with Crippen molar-refractivity contribution >= 4 is 29.2 Å². The van der Waals surface area contributed by atoms with Gasteiger partial charge >= 0.3 is 5.82 Å². The molecule has 2 N–H and O–H groups in total. The smallest absolute Gasteiger partial charge is 0.358 e. The van der Waals surface area contributed by atoms with Crippen LogP contribution >= 0.6 is 11.6 Å². The summed E-state index contributed by atoms with van der Waals surface area (Å²) in [7, 11) is 1.54. The summed E-state index contributed by atoms with van der Waals surface area (Å²) in [6, 6.07) is 1.31. The van der Waals surface area contributed by atoms with Gasteiger partial charge in [-0.3, -0.25) is 25.1 Å². The number of aromatic nitrogens is 4. The van der Waals surface area contributed by atoms with E-state index in [4.69, 9.17) is 11.6 Å². The molecule has 0 aliphatic rings. The molecule has 0 bridgehead atoms. The minimum absolute atomic E-state index is 0.0287. The number of aryl methyl sites for hydroxylation is 3. The molecule has 2 aromatic rings. The third-order valence-corrected chi connectivity index (χ3v) is 3.41. The number of hydrogen-bond acceptors (Lipinski definition) is 6. The number of rotatable bonds is 5. The van der Waals surface area contributed by atoms with E-state index in [1.165, 1.54) is 28.7 Å². The quantitative estimate of drug-likeness (QED) is 0.586. The number of halogens is 1. The molecule has 0 unspecified atom stereocenters. The van der Waals surface area contributed by atoms with Crippen molar-refractivity contribution in [3.63, 3.8) is 0 Å². The number of amides is 2. The van der Waals surface area contributed by atoms with Crippen molar-refractivity contribution in [3.05, 3.63) is 38.8 Å². The SMILES string of the molecule is Cc1cc([N+](=O)[O-])nn1CCC(=O)NNC(=O)c1c(Cl)cnn1C. The molecule has 2 heterocycles. The predicted molar refractivity (Wildman–Crippen MR) is 82.1 cm³/mol. The van der Waals surface area contributed by atoms with Crippen LogP contribution in [0.2, 0.25) is 5.02 Å². The Hall–Kier alpha value is -2.95. The number of nitrogens with one attached hydrogen (secondary N) is 2. The summed E-state index contributed by atoms with van der Waals surface area (Å²) < 4.78 is 2.62. The number of hydrogen-bond donors (Lipinski definition) is 2. The lowest BCUT2D eigenvalue weighted by atomic mass is 10.4. The third-order valence-electron chi connectivity index (χ3n) is 3.13. The summed E-state index contributed by atoms with van der Waals surface area (Å²) in [6.07, 6.45) is 1.28. The van der Waals surface area contributed by atoms with Crippen LogP contribution in [0.1, 0.15) is 22.6 Å². The van der Waals surface area contributed by atoms with Crippen LogP contribution in [0.25, 0.3) is 0 Å². The Balaban J connectivity index is 1.86. The molecule has 0 aromatic carbocycles. The number of carbonyl (C=O) groups excluding carboxylic acids is 2. The standard InChI is InChI=1S/C12H14ClN7O4/c1-7-5-9(20(23)24)17-19(7)4-3-10(21)15-16-12(22)11-8(13)6-14-18(11)2/h5-6H,3-4H2,1-2H3,(H,15,21)(H,16,22). The zero-order valence-electron chi connectivity index (χ0n) is 12.8. The highest BCUT2D eigenvalue weighted by atomic mass is 35.5. The van der Waals surface area contributed by atoms with Gasteiger partial charge in [-0.05, 0) is 11.8 Å². The number of nitrogens with zero attached hydrogens (tertiary/aromatic N) is 5. The predicted octanol–water partition coefficient (Wildman–Crippen LogP) is 0.338. The largest absolute Gasteiger partial charge is 0.390 e. The van der Waals surface area contributed by atoms with Crippen molar-refractivity contribution in [1.29, 1.82) is 0 Å². The highest BCUT2D eigenvalue weighted by molar-refractivity contribution is 6.33. The van der Waals surface area contributed by atoms with Crippen LogP contribution in [0, 0.1) is 17.0 Å². The van der Waals surface area contributed by atoms with Gasteiger partial charge in [0.2, 0.25) is 5.91 Å². The van der Waals surface area contributed by atoms with E-state index in [1.54, 1.807) is 6.92 Å². The molecule has 2 amide bonds. The minimum atomic E-state index is -0.612. The maximum atomic E-state index is 11.9. The van der Waals surface area contributed by atoms with Gasteiger partial charge in [0.05, 0.1) is 34.6 Å². The number of nitro groups is 1. The van der Waals surface area contributed by atoms with Crippen LogP contribution in [0.5, 0.6) is 0 Å². The van der Waals surface area contributed by atoms with Gasteiger partial charge < -0.3 is 10.1 Å². The molecule has 2 rings (SSSR count). The molecule has 0 atom stereocenters. The Morgan fingerprint density at radius 3 is 2.67 bits per heavy atom. The van der Waals surface area contributed by atoms with Gasteiger partial charge in [-0.25, -0.2) is 0 Å². The molecule has 0 saturated carbocycles. The van der Waals surface area contributed by atoms with Gasteiger partial charge in [-0.1, -0.05) is 11.6 Å². The van der Waals surface area contributed by atoms with Crippen molar-refractivity contribution in [2.75, 3.05) is 0 Å². The number of carbonyl (C=O) groups is 2. The van der Waals surface area contributed by atoms with Gasteiger partial charge in [0.1, 0.15) is 5.69 Å². The fourth-order valence-corrected chi connectivity index (χ4v) is 2.18. The molecule has 128 valence electrons. The summed E-state index contributed by atoms with van der Waals surface area (Å²) >= 11 is 5.82. The molecule has 0 aliphatic carbocycles. The number of hydrazine groups is 1. The summed E-state index contributed by atoms with van der Waals surface area (Å²) in [5.41, 5.74) is 5.11. The van der Waals surface area contributed by atoms with Gasteiger partial charge in [-0.2, -0.15) is 9.78 Å². The van der Waals surface area contributed by atoms with Crippen LogP contribution in [-0.4, -0.2) is 36.3 Å². The first-order chi connectivity index (χ1) is 11.3. The molecule has 11 nitrogen and oxygen atoms in total. The first kappa shape index (κ1) is 17.4. The van der Waals surface area contributed by atoms with Crippen molar-refractivity contribution in [2.24, 2.45) is 7.05 Å². The Kier molecular flexibility index (Phi) is 5.14. The lowest BCUT2D eigenvalue weighted by Gasteiger charge is -2.07. The van der Waals surface area contributed by atoms with Crippen molar-refractivity contribution in [1.82, 2.24) is 30.4 Å². The van der Waals surface area contributed by atoms with Crippen LogP contribution in [0.3, 0.4) is 0 Å². The van der Waals surface area contributed by atoms with E-state index < -0.39 is 16.7 Å². The average molecular weight is 356 g/mol. The lowest BCUT2D eigenvalue weighted by molar-refractivity contribution is -0.389. The maximum absolute atomic E-state index is 11.9. The van der Waals surface area contributed by atoms with E-state index in [0.717, 1.165) is 0 Å². The third kappa shape index (κ3) is 3.87. The lowest BCUT2D eigenvalue weighted by Crippen LogP contribution is -2.42. The molecular formula is C12H14ClN7O4. The second-order valence-electron chi connectivity index (χ2n) is 4.84. The molecule has 0 spiro atoms. The molecule has 0 radical (unpaired) electrons. The summed E-state index contributed by atoms with van der Waals surface area (Å²) in [6.45, 7) is 1.78. The molecule has 2 aromatic heterocycles. The van der Waals surface area contributed by atoms with Gasteiger partial charge in [0.25, 0.3) is 5.91 Å². The average Bonchev–Trinajstić information content (AvgIpc) is 3.05. The Labute approximate surface area is 140 Å². The zero-order chi connectivity index (χ0) is 17.9. The molecular weight excluding hydrogens is 342 g/mol. The van der Waals surface area contributed by atoms with Crippen LogP contribution in [-0.2, 0) is 18.4 Å². The fourth-order valence-electron chi connectivity index (χ4n) is 1.93. The summed E-state index contributed by atoms with van der Waals surface area (Å²) in [4.78, 5) is 33.7. The van der Waals surface area contributed by atoms with Crippen LogP contribution < -0.4 is 10.9 Å². The Bertz CT molecular complexity index is 778. The monoisotopic (exact) mass is 355 g/mol. The van der Waals surface area contributed by atoms with Gasteiger partial charge in [0, 0.05) is 13.5 Å². The first-order valence-electron chi connectivity index (χ1n) is 6.75. The van der Waals surface area contributed by atoms with E-state index in [-0.39, 0.29) is 29.5 Å². The Morgan fingerprint density at radius 2 is 2.12 bits per heavy atom. The van der Waals surface area contributed by atoms with Crippen molar-refractivity contribution in [3.8, 4) is 0 Å². The molecule has 0 fully saturated rings. The van der Waals surface area contributed by atoms with E-state index in [9.17, 15) is 19.7 Å². The summed E-state index contributed by atoms with van der Waals surface area (Å²) in [5, 5.41) is 18.4. The van der Waals surface area contributed by atoms with Crippen LogP contribution in [0.15, 0.2) is 12.3 Å². The molecule has 0 aliphatic heterocycles. The first-order valence-corrected chi connectivity index (χ1v) is 7.13. The molecule has 0 saturated heterocycles. The van der Waals surface area contributed by atoms with Gasteiger partial charge in [0.15, 0.2) is 0 Å². The second kappa shape index (κ2) is 7.08. The highest BCUT2D eigenvalue weighted by Gasteiger charge is 2.18.